The number of hydrogen-bond acceptors (Lipinski definition) is 5. The maximum atomic E-state index is 12.4. The van der Waals surface area contributed by atoms with E-state index in [0.29, 0.717) is 0 Å². The van der Waals surface area contributed by atoms with E-state index in [0.717, 1.165) is 27.8 Å². The fourth-order valence-electron chi connectivity index (χ4n) is 4.11. The number of fused-ring (bicyclic) bond motifs is 3. The van der Waals surface area contributed by atoms with Gasteiger partial charge in [-0.3, -0.25) is 4.79 Å². The van der Waals surface area contributed by atoms with Gasteiger partial charge in [0.15, 0.2) is 0 Å². The van der Waals surface area contributed by atoms with Gasteiger partial charge in [-0.05, 0) is 34.2 Å². The van der Waals surface area contributed by atoms with Crippen LogP contribution in [0.15, 0.2) is 78.9 Å². The van der Waals surface area contributed by atoms with E-state index in [1.807, 2.05) is 78.9 Å². The van der Waals surface area contributed by atoms with Crippen LogP contribution in [0.3, 0.4) is 0 Å². The van der Waals surface area contributed by atoms with Crippen molar-refractivity contribution in [3.8, 4) is 11.1 Å². The number of carbonyl (C=O) groups excluding carboxylic acids is 2. The molecule has 7 nitrogen and oxygen atoms in total. The first-order chi connectivity index (χ1) is 16.5. The van der Waals surface area contributed by atoms with Gasteiger partial charge in [-0.25, -0.2) is 9.59 Å². The molecule has 0 aromatic heterocycles. The third-order valence-electron chi connectivity index (χ3n) is 5.81. The van der Waals surface area contributed by atoms with Gasteiger partial charge < -0.3 is 19.9 Å². The Morgan fingerprint density at radius 3 is 2.03 bits per heavy atom. The lowest BCUT2D eigenvalue weighted by Gasteiger charge is -2.17. The summed E-state index contributed by atoms with van der Waals surface area (Å²) in [6, 6.07) is 23.8. The second-order valence-electron chi connectivity index (χ2n) is 8.05. The van der Waals surface area contributed by atoms with E-state index in [1.165, 1.54) is 0 Å². The molecule has 1 aliphatic rings. The summed E-state index contributed by atoms with van der Waals surface area (Å²) in [5.74, 6) is -1.91. The Balaban J connectivity index is 1.29. The van der Waals surface area contributed by atoms with Crippen LogP contribution in [0.5, 0.6) is 0 Å². The molecule has 7 heteroatoms. The largest absolute Gasteiger partial charge is 0.480 e. The lowest BCUT2D eigenvalue weighted by molar-refractivity contribution is -0.145. The van der Waals surface area contributed by atoms with Crippen molar-refractivity contribution in [1.29, 1.82) is 0 Å². The molecule has 3 aromatic carbocycles. The van der Waals surface area contributed by atoms with Gasteiger partial charge in [0.2, 0.25) is 0 Å². The highest BCUT2D eigenvalue weighted by atomic mass is 16.5. The molecule has 1 amide bonds. The van der Waals surface area contributed by atoms with Crippen LogP contribution in [0.1, 0.15) is 35.4 Å². The molecule has 0 heterocycles. The molecule has 0 bridgehead atoms. The quantitative estimate of drug-likeness (QED) is 0.457. The average molecular weight is 459 g/mol. The van der Waals surface area contributed by atoms with E-state index in [2.05, 4.69) is 5.32 Å². The minimum absolute atomic E-state index is 0.0747. The SMILES string of the molecule is O=C(CCC(NC(=O)OCC1c2ccccc2-c2ccccc21)C(=O)O)OCc1ccccc1. The van der Waals surface area contributed by atoms with Gasteiger partial charge in [-0.1, -0.05) is 78.9 Å². The summed E-state index contributed by atoms with van der Waals surface area (Å²) in [6.45, 7) is 0.183. The molecule has 0 saturated heterocycles. The number of benzene rings is 3. The van der Waals surface area contributed by atoms with Crippen LogP contribution in [-0.2, 0) is 25.7 Å². The van der Waals surface area contributed by atoms with Crippen LogP contribution in [-0.4, -0.2) is 35.8 Å². The molecule has 3 aromatic rings. The predicted molar refractivity (Wildman–Crippen MR) is 125 cm³/mol. The standard InChI is InChI=1S/C27H25NO6/c29-25(33-16-18-8-2-1-3-9-18)15-14-24(26(30)31)28-27(32)34-17-23-21-12-6-4-10-19(21)20-11-5-7-13-22(20)23/h1-13,23-24H,14-17H2,(H,28,32)(H,30,31). The van der Waals surface area contributed by atoms with Crippen molar-refractivity contribution in [3.63, 3.8) is 0 Å². The summed E-state index contributed by atoms with van der Waals surface area (Å²) >= 11 is 0. The molecule has 1 aliphatic carbocycles. The van der Waals surface area contributed by atoms with Gasteiger partial charge in [0.25, 0.3) is 0 Å². The predicted octanol–water partition coefficient (Wildman–Crippen LogP) is 4.50. The highest BCUT2D eigenvalue weighted by Crippen LogP contribution is 2.44. The number of carboxylic acid groups (broad SMARTS) is 1. The van der Waals surface area contributed by atoms with Crippen LogP contribution in [0.25, 0.3) is 11.1 Å². The van der Waals surface area contributed by atoms with E-state index in [9.17, 15) is 19.5 Å². The average Bonchev–Trinajstić information content (AvgIpc) is 3.18. The van der Waals surface area contributed by atoms with E-state index >= 15 is 0 Å². The summed E-state index contributed by atoms with van der Waals surface area (Å²) in [5, 5.41) is 11.8. The number of alkyl carbamates (subject to hydrolysis) is 1. The molecule has 2 N–H and O–H groups in total. The lowest BCUT2D eigenvalue weighted by Crippen LogP contribution is -2.41. The number of esters is 1. The summed E-state index contributed by atoms with van der Waals surface area (Å²) < 4.78 is 10.6. The number of carboxylic acids is 1. The molecule has 0 radical (unpaired) electrons. The molecule has 0 saturated carbocycles. The molecular formula is C27H25NO6. The first-order valence-electron chi connectivity index (χ1n) is 11.1. The third-order valence-corrected chi connectivity index (χ3v) is 5.81. The highest BCUT2D eigenvalue weighted by molar-refractivity contribution is 5.81. The Hall–Kier alpha value is -4.13. The second kappa shape index (κ2) is 10.7. The monoisotopic (exact) mass is 459 g/mol. The molecule has 1 unspecified atom stereocenters. The van der Waals surface area contributed by atoms with Crippen LogP contribution in [0.4, 0.5) is 4.79 Å². The Morgan fingerprint density at radius 2 is 1.41 bits per heavy atom. The number of ether oxygens (including phenoxy) is 2. The topological polar surface area (TPSA) is 102 Å². The van der Waals surface area contributed by atoms with Gasteiger partial charge in [0, 0.05) is 12.3 Å². The zero-order valence-electron chi connectivity index (χ0n) is 18.5. The number of amides is 1. The fraction of sp³-hybridized carbons (Fsp3) is 0.222. The summed E-state index contributed by atoms with van der Waals surface area (Å²) in [5.41, 5.74) is 5.16. The number of carbonyl (C=O) groups is 3. The Bertz CT molecular complexity index is 1130. The molecule has 0 fully saturated rings. The number of aliphatic carboxylic acids is 1. The van der Waals surface area contributed by atoms with Crippen LogP contribution in [0.2, 0.25) is 0 Å². The van der Waals surface area contributed by atoms with Crippen molar-refractivity contribution in [3.05, 3.63) is 95.6 Å². The molecular weight excluding hydrogens is 434 g/mol. The van der Waals surface area contributed by atoms with Crippen molar-refractivity contribution >= 4 is 18.0 Å². The Labute approximate surface area is 197 Å². The number of nitrogens with one attached hydrogen (secondary N) is 1. The van der Waals surface area contributed by atoms with E-state index in [1.54, 1.807) is 0 Å². The van der Waals surface area contributed by atoms with E-state index in [-0.39, 0.29) is 32.0 Å². The van der Waals surface area contributed by atoms with E-state index < -0.39 is 24.1 Å². The van der Waals surface area contributed by atoms with Gasteiger partial charge in [0.1, 0.15) is 19.3 Å². The van der Waals surface area contributed by atoms with Crippen LogP contribution < -0.4 is 5.32 Å². The van der Waals surface area contributed by atoms with Gasteiger partial charge in [-0.2, -0.15) is 0 Å². The lowest BCUT2D eigenvalue weighted by atomic mass is 9.98. The van der Waals surface area contributed by atoms with Crippen LogP contribution in [0, 0.1) is 0 Å². The maximum Gasteiger partial charge on any atom is 0.407 e. The molecule has 174 valence electrons. The van der Waals surface area contributed by atoms with Crippen molar-refractivity contribution in [2.45, 2.75) is 31.4 Å². The van der Waals surface area contributed by atoms with E-state index in [4.69, 9.17) is 9.47 Å². The van der Waals surface area contributed by atoms with Crippen molar-refractivity contribution in [2.75, 3.05) is 6.61 Å². The smallest absolute Gasteiger partial charge is 0.407 e. The molecule has 34 heavy (non-hydrogen) atoms. The van der Waals surface area contributed by atoms with Crippen molar-refractivity contribution < 1.29 is 29.0 Å². The normalized spacial score (nSPS) is 12.8. The third kappa shape index (κ3) is 5.43. The zero-order valence-corrected chi connectivity index (χ0v) is 18.5. The molecule has 0 spiro atoms. The fourth-order valence-corrected chi connectivity index (χ4v) is 4.11. The van der Waals surface area contributed by atoms with Gasteiger partial charge in [0.05, 0.1) is 0 Å². The first-order valence-corrected chi connectivity index (χ1v) is 11.1. The van der Waals surface area contributed by atoms with Crippen molar-refractivity contribution in [2.24, 2.45) is 0 Å². The minimum atomic E-state index is -1.26. The summed E-state index contributed by atoms with van der Waals surface area (Å²) in [6.07, 6.45) is -1.09. The second-order valence-corrected chi connectivity index (χ2v) is 8.05. The number of hydrogen-bond donors (Lipinski definition) is 2. The highest BCUT2D eigenvalue weighted by Gasteiger charge is 2.29. The maximum absolute atomic E-state index is 12.4. The Morgan fingerprint density at radius 1 is 0.824 bits per heavy atom. The van der Waals surface area contributed by atoms with Crippen molar-refractivity contribution in [1.82, 2.24) is 5.32 Å². The minimum Gasteiger partial charge on any atom is -0.480 e. The van der Waals surface area contributed by atoms with Gasteiger partial charge >= 0.3 is 18.0 Å². The number of rotatable bonds is 9. The molecule has 0 aliphatic heterocycles. The molecule has 1 atom stereocenters. The zero-order chi connectivity index (χ0) is 23.9. The van der Waals surface area contributed by atoms with Gasteiger partial charge in [-0.15, -0.1) is 0 Å². The first kappa shape index (κ1) is 23.0. The Kier molecular flexibility index (Phi) is 7.22. The summed E-state index contributed by atoms with van der Waals surface area (Å²) in [4.78, 5) is 36.0. The van der Waals surface area contributed by atoms with Crippen LogP contribution >= 0.6 is 0 Å². The summed E-state index contributed by atoms with van der Waals surface area (Å²) in [7, 11) is 0. The molecule has 4 rings (SSSR count).